The molecule has 0 bridgehead atoms. The third-order valence-corrected chi connectivity index (χ3v) is 8.03. The Morgan fingerprint density at radius 2 is 1.98 bits per heavy atom. The van der Waals surface area contributed by atoms with E-state index >= 15 is 0 Å². The number of aliphatic hydroxyl groups excluding tert-OH is 1. The minimum atomic E-state index is -1.20. The van der Waals surface area contributed by atoms with Gasteiger partial charge in [0.15, 0.2) is 0 Å². The summed E-state index contributed by atoms with van der Waals surface area (Å²) < 4.78 is 14.2. The van der Waals surface area contributed by atoms with Gasteiger partial charge >= 0.3 is 0 Å². The molecule has 2 aliphatic rings. The Balaban J connectivity index is 1.50. The number of hydrogen-bond donors (Lipinski definition) is 4. The zero-order valence-electron chi connectivity index (χ0n) is 23.5. The van der Waals surface area contributed by atoms with E-state index in [0.717, 1.165) is 0 Å². The molecule has 0 radical (unpaired) electrons. The van der Waals surface area contributed by atoms with E-state index in [9.17, 15) is 29.0 Å². The molecule has 2 amide bonds. The van der Waals surface area contributed by atoms with Gasteiger partial charge in [0.05, 0.1) is 29.4 Å². The van der Waals surface area contributed by atoms with Gasteiger partial charge in [-0.05, 0) is 88.4 Å². The molecule has 1 aliphatic carbocycles. The first-order valence-corrected chi connectivity index (χ1v) is 13.4. The second-order valence-electron chi connectivity index (χ2n) is 11.7. The van der Waals surface area contributed by atoms with Crippen LogP contribution in [-0.2, 0) is 4.79 Å². The van der Waals surface area contributed by atoms with Gasteiger partial charge in [-0.2, -0.15) is 5.10 Å². The molecule has 1 aliphatic heterocycles. The van der Waals surface area contributed by atoms with Crippen LogP contribution in [0.25, 0.3) is 0 Å². The average molecular weight is 553 g/mol. The first kappa shape index (κ1) is 29.4. The van der Waals surface area contributed by atoms with Crippen molar-refractivity contribution < 1.29 is 24.2 Å². The summed E-state index contributed by atoms with van der Waals surface area (Å²) in [5.74, 6) is -1.19. The number of rotatable bonds is 7. The van der Waals surface area contributed by atoms with Crippen molar-refractivity contribution in [2.45, 2.75) is 77.7 Å². The van der Waals surface area contributed by atoms with E-state index in [-0.39, 0.29) is 35.4 Å². The summed E-state index contributed by atoms with van der Waals surface area (Å²) in [4.78, 5) is 40.3. The highest BCUT2D eigenvalue weighted by molar-refractivity contribution is 5.96. The number of nitrogens with zero attached hydrogens (tertiary/aromatic N) is 2. The summed E-state index contributed by atoms with van der Waals surface area (Å²) in [5.41, 5.74) is -0.278. The molecule has 214 valence electrons. The maximum atomic E-state index is 14.2. The van der Waals surface area contributed by atoms with Crippen molar-refractivity contribution in [1.29, 1.82) is 0 Å². The molecule has 2 heterocycles. The van der Waals surface area contributed by atoms with Crippen molar-refractivity contribution in [3.8, 4) is 0 Å². The molecule has 9 nitrogen and oxygen atoms in total. The SMILES string of the molecule is Cc1cc(C(O)c2ccc(C(=O)NCC(=O)N3[C@H](C4(C)C=C(F)C=CC4)CC[C@@H]3C(C)(C)O)cc2C)c(=O)[nH]n1. The number of H-pyrrole nitrogens is 1. The van der Waals surface area contributed by atoms with Crippen LogP contribution in [-0.4, -0.2) is 61.4 Å². The van der Waals surface area contributed by atoms with Crippen molar-refractivity contribution in [1.82, 2.24) is 20.4 Å². The lowest BCUT2D eigenvalue weighted by atomic mass is 9.75. The van der Waals surface area contributed by atoms with E-state index in [1.165, 1.54) is 18.2 Å². The number of benzene rings is 1. The van der Waals surface area contributed by atoms with E-state index in [4.69, 9.17) is 0 Å². The van der Waals surface area contributed by atoms with Gasteiger partial charge in [0.2, 0.25) is 5.91 Å². The number of nitrogens with one attached hydrogen (secondary N) is 2. The number of carbonyl (C=O) groups is 2. The summed E-state index contributed by atoms with van der Waals surface area (Å²) in [6, 6.07) is 5.37. The lowest BCUT2D eigenvalue weighted by Gasteiger charge is -2.43. The molecule has 1 aromatic carbocycles. The molecule has 4 rings (SSSR count). The number of aryl methyl sites for hydroxylation is 2. The highest BCUT2D eigenvalue weighted by atomic mass is 19.1. The molecule has 1 aromatic heterocycles. The molecular weight excluding hydrogens is 515 g/mol. The number of likely N-dealkylation sites (tertiary alicyclic amines) is 1. The highest BCUT2D eigenvalue weighted by Crippen LogP contribution is 2.45. The third kappa shape index (κ3) is 5.93. The normalized spacial score (nSPS) is 23.6. The Hall–Kier alpha value is -3.63. The van der Waals surface area contributed by atoms with Crippen LogP contribution in [0.15, 0.2) is 53.1 Å². The lowest BCUT2D eigenvalue weighted by Crippen LogP contribution is -2.56. The van der Waals surface area contributed by atoms with Crippen LogP contribution in [0.3, 0.4) is 0 Å². The molecule has 0 spiro atoms. The number of aromatic nitrogens is 2. The van der Waals surface area contributed by atoms with Crippen LogP contribution in [0.1, 0.15) is 78.9 Å². The van der Waals surface area contributed by atoms with Crippen LogP contribution < -0.4 is 10.9 Å². The topological polar surface area (TPSA) is 136 Å². The number of amides is 2. The molecule has 0 saturated carbocycles. The van der Waals surface area contributed by atoms with E-state index in [0.29, 0.717) is 36.1 Å². The predicted octanol–water partition coefficient (Wildman–Crippen LogP) is 3.15. The molecule has 4 atom stereocenters. The van der Waals surface area contributed by atoms with Gasteiger partial charge < -0.3 is 20.4 Å². The summed E-state index contributed by atoms with van der Waals surface area (Å²) in [7, 11) is 0. The smallest absolute Gasteiger partial charge is 0.270 e. The minimum absolute atomic E-state index is 0.150. The molecule has 1 fully saturated rings. The van der Waals surface area contributed by atoms with Crippen LogP contribution in [0.4, 0.5) is 4.39 Å². The Morgan fingerprint density at radius 1 is 1.25 bits per heavy atom. The molecule has 2 aromatic rings. The standard InChI is InChI=1S/C30H37FN4O5/c1-17-13-19(8-9-21(17)26(37)22-14-18(2)33-34-28(22)39)27(38)32-16-25(36)35-23(29(3,4)40)10-11-24(35)30(5)12-6-7-20(31)15-30/h6-9,13-15,23-24,26,37,40H,10-12,16H2,1-5H3,(H,32,38)(H,34,39)/t23-,24+,26?,30?/m1/s1. The van der Waals surface area contributed by atoms with Gasteiger partial charge in [0.25, 0.3) is 11.5 Å². The fourth-order valence-corrected chi connectivity index (χ4v) is 5.95. The molecule has 4 N–H and O–H groups in total. The quantitative estimate of drug-likeness (QED) is 0.417. The lowest BCUT2D eigenvalue weighted by molar-refractivity contribution is -0.140. The van der Waals surface area contributed by atoms with Gasteiger partial charge in [0.1, 0.15) is 11.9 Å². The fourth-order valence-electron chi connectivity index (χ4n) is 5.95. The summed E-state index contributed by atoms with van der Waals surface area (Å²) in [5, 5.41) is 30.5. The van der Waals surface area contributed by atoms with Crippen LogP contribution in [0.2, 0.25) is 0 Å². The molecule has 2 unspecified atom stereocenters. The van der Waals surface area contributed by atoms with E-state index in [2.05, 4.69) is 15.5 Å². The molecular formula is C30H37FN4O5. The van der Waals surface area contributed by atoms with Gasteiger partial charge in [-0.1, -0.05) is 19.1 Å². The molecule has 40 heavy (non-hydrogen) atoms. The number of hydrogen-bond acceptors (Lipinski definition) is 6. The van der Waals surface area contributed by atoms with Crippen molar-refractivity contribution in [3.63, 3.8) is 0 Å². The first-order valence-electron chi connectivity index (χ1n) is 13.4. The maximum Gasteiger partial charge on any atom is 0.270 e. The van der Waals surface area contributed by atoms with Gasteiger partial charge in [-0.15, -0.1) is 0 Å². The fraction of sp³-hybridized carbons (Fsp3) is 0.467. The molecule has 1 saturated heterocycles. The predicted molar refractivity (Wildman–Crippen MR) is 148 cm³/mol. The monoisotopic (exact) mass is 552 g/mol. The van der Waals surface area contributed by atoms with Gasteiger partial charge in [-0.25, -0.2) is 9.49 Å². The number of halogens is 1. The second-order valence-corrected chi connectivity index (χ2v) is 11.7. The number of aromatic amines is 1. The van der Waals surface area contributed by atoms with Crippen molar-refractivity contribution >= 4 is 11.8 Å². The Morgan fingerprint density at radius 3 is 2.62 bits per heavy atom. The number of carbonyl (C=O) groups excluding carboxylic acids is 2. The van der Waals surface area contributed by atoms with Crippen molar-refractivity contribution in [2.24, 2.45) is 5.41 Å². The van der Waals surface area contributed by atoms with Gasteiger partial charge in [0, 0.05) is 17.0 Å². The van der Waals surface area contributed by atoms with E-state index < -0.39 is 34.6 Å². The molecule has 10 heteroatoms. The largest absolute Gasteiger partial charge is 0.388 e. The first-order chi connectivity index (χ1) is 18.7. The van der Waals surface area contributed by atoms with Crippen LogP contribution in [0.5, 0.6) is 0 Å². The summed E-state index contributed by atoms with van der Waals surface area (Å²) in [6.45, 7) is 8.33. The van der Waals surface area contributed by atoms with E-state index in [1.54, 1.807) is 56.9 Å². The van der Waals surface area contributed by atoms with Crippen molar-refractivity contribution in [2.75, 3.05) is 6.54 Å². The number of aliphatic hydroxyl groups is 2. The summed E-state index contributed by atoms with van der Waals surface area (Å²) in [6.07, 6.45) is 5.23. The van der Waals surface area contributed by atoms with E-state index in [1.807, 2.05) is 6.92 Å². The Kier molecular flexibility index (Phi) is 8.14. The van der Waals surface area contributed by atoms with Crippen molar-refractivity contribution in [3.05, 3.63) is 86.6 Å². The highest BCUT2D eigenvalue weighted by Gasteiger charge is 2.50. The summed E-state index contributed by atoms with van der Waals surface area (Å²) >= 11 is 0. The zero-order chi connectivity index (χ0) is 29.4. The maximum absolute atomic E-state index is 14.2. The second kappa shape index (κ2) is 11.1. The third-order valence-electron chi connectivity index (χ3n) is 8.03. The van der Waals surface area contributed by atoms with Crippen LogP contribution in [0, 0.1) is 19.3 Å². The minimum Gasteiger partial charge on any atom is -0.388 e. The Bertz CT molecular complexity index is 1430. The zero-order valence-corrected chi connectivity index (χ0v) is 23.5. The van der Waals surface area contributed by atoms with Gasteiger partial charge in [-0.3, -0.25) is 14.4 Å². The van der Waals surface area contributed by atoms with Crippen LogP contribution >= 0.6 is 0 Å². The Labute approximate surface area is 232 Å². The number of allylic oxidation sites excluding steroid dienone is 3. The average Bonchev–Trinajstić information content (AvgIpc) is 3.35.